The van der Waals surface area contributed by atoms with Gasteiger partial charge in [0, 0.05) is 23.7 Å². The molecule has 2 aromatic rings. The Balaban J connectivity index is 0.00000200. The molecule has 0 aromatic carbocycles. The SMILES string of the molecule is CN(Cc1ccc(Br)s1)C(=O)c1csc(CCN)n1.Cl. The van der Waals surface area contributed by atoms with Gasteiger partial charge >= 0.3 is 0 Å². The monoisotopic (exact) mass is 395 g/mol. The van der Waals surface area contributed by atoms with E-state index in [1.165, 1.54) is 11.3 Å². The van der Waals surface area contributed by atoms with E-state index in [1.54, 1.807) is 28.7 Å². The average molecular weight is 397 g/mol. The normalized spacial score (nSPS) is 10.2. The molecule has 0 saturated carbocycles. The highest BCUT2D eigenvalue weighted by Gasteiger charge is 2.16. The lowest BCUT2D eigenvalue weighted by Gasteiger charge is -2.14. The maximum atomic E-state index is 12.2. The summed E-state index contributed by atoms with van der Waals surface area (Å²) in [6.45, 7) is 1.15. The van der Waals surface area contributed by atoms with E-state index in [9.17, 15) is 4.79 Å². The first kappa shape index (κ1) is 17.6. The van der Waals surface area contributed by atoms with Crippen LogP contribution in [0.1, 0.15) is 20.4 Å². The Hall–Kier alpha value is -0.470. The fraction of sp³-hybridized carbons (Fsp3) is 0.333. The second-order valence-corrected chi connectivity index (χ2v) is 7.52. The summed E-state index contributed by atoms with van der Waals surface area (Å²) in [5, 5.41) is 2.71. The zero-order valence-corrected chi connectivity index (χ0v) is 14.9. The molecule has 0 aliphatic heterocycles. The van der Waals surface area contributed by atoms with Crippen molar-refractivity contribution in [2.75, 3.05) is 13.6 Å². The van der Waals surface area contributed by atoms with Crippen LogP contribution in [0.4, 0.5) is 0 Å². The van der Waals surface area contributed by atoms with Gasteiger partial charge in [-0.05, 0) is 34.6 Å². The molecule has 2 N–H and O–H groups in total. The summed E-state index contributed by atoms with van der Waals surface area (Å²) in [5.41, 5.74) is 5.98. The zero-order valence-electron chi connectivity index (χ0n) is 10.8. The van der Waals surface area contributed by atoms with Gasteiger partial charge in [-0.3, -0.25) is 4.79 Å². The average Bonchev–Trinajstić information content (AvgIpc) is 2.98. The number of thiazole rings is 1. The van der Waals surface area contributed by atoms with Crippen molar-refractivity contribution in [2.24, 2.45) is 5.73 Å². The van der Waals surface area contributed by atoms with Gasteiger partial charge in [0.1, 0.15) is 5.69 Å². The number of carbonyl (C=O) groups is 1. The smallest absolute Gasteiger partial charge is 0.273 e. The molecule has 1 amide bonds. The van der Waals surface area contributed by atoms with Crippen molar-refractivity contribution in [1.29, 1.82) is 0 Å². The third kappa shape index (κ3) is 4.53. The number of halogens is 2. The number of hydrogen-bond acceptors (Lipinski definition) is 5. The van der Waals surface area contributed by atoms with Gasteiger partial charge in [0.15, 0.2) is 0 Å². The summed E-state index contributed by atoms with van der Waals surface area (Å²) in [5.74, 6) is -0.0518. The molecule has 0 aliphatic carbocycles. The number of carbonyl (C=O) groups excluding carboxylic acids is 1. The summed E-state index contributed by atoms with van der Waals surface area (Å²) in [4.78, 5) is 19.3. The summed E-state index contributed by atoms with van der Waals surface area (Å²) in [6, 6.07) is 4.00. The van der Waals surface area contributed by atoms with E-state index < -0.39 is 0 Å². The van der Waals surface area contributed by atoms with Crippen molar-refractivity contribution in [3.05, 3.63) is 36.9 Å². The molecule has 0 radical (unpaired) electrons. The van der Waals surface area contributed by atoms with Crippen LogP contribution >= 0.6 is 51.0 Å². The fourth-order valence-corrected chi connectivity index (χ4v) is 3.91. The first-order valence-corrected chi connectivity index (χ1v) is 8.23. The van der Waals surface area contributed by atoms with Crippen molar-refractivity contribution in [1.82, 2.24) is 9.88 Å². The molecule has 2 aromatic heterocycles. The van der Waals surface area contributed by atoms with Gasteiger partial charge in [0.2, 0.25) is 0 Å². The maximum absolute atomic E-state index is 12.2. The van der Waals surface area contributed by atoms with Gasteiger partial charge < -0.3 is 10.6 Å². The lowest BCUT2D eigenvalue weighted by molar-refractivity contribution is 0.0781. The Morgan fingerprint density at radius 1 is 1.50 bits per heavy atom. The quantitative estimate of drug-likeness (QED) is 0.844. The minimum atomic E-state index is -0.0518. The van der Waals surface area contributed by atoms with Gasteiger partial charge in [-0.25, -0.2) is 4.98 Å². The molecule has 0 fully saturated rings. The lowest BCUT2D eigenvalue weighted by atomic mass is 10.3. The topological polar surface area (TPSA) is 59.2 Å². The number of hydrogen-bond donors (Lipinski definition) is 1. The molecule has 2 heterocycles. The maximum Gasteiger partial charge on any atom is 0.273 e. The molecule has 2 rings (SSSR count). The number of thiophene rings is 1. The molecular weight excluding hydrogens is 382 g/mol. The van der Waals surface area contributed by atoms with E-state index >= 15 is 0 Å². The highest BCUT2D eigenvalue weighted by Crippen LogP contribution is 2.23. The van der Waals surface area contributed by atoms with Crippen LogP contribution in [0, 0.1) is 0 Å². The van der Waals surface area contributed by atoms with Crippen LogP contribution in [0.3, 0.4) is 0 Å². The zero-order chi connectivity index (χ0) is 13.8. The van der Waals surface area contributed by atoms with Gasteiger partial charge in [-0.2, -0.15) is 0 Å². The Morgan fingerprint density at radius 2 is 2.25 bits per heavy atom. The van der Waals surface area contributed by atoms with Gasteiger partial charge in [-0.1, -0.05) is 0 Å². The van der Waals surface area contributed by atoms with E-state index in [-0.39, 0.29) is 18.3 Å². The van der Waals surface area contributed by atoms with Crippen LogP contribution in [-0.4, -0.2) is 29.4 Å². The Kier molecular flexibility index (Phi) is 7.11. The van der Waals surface area contributed by atoms with E-state index in [2.05, 4.69) is 20.9 Å². The molecule has 0 spiro atoms. The van der Waals surface area contributed by atoms with Gasteiger partial charge in [0.05, 0.1) is 15.3 Å². The molecule has 0 atom stereocenters. The van der Waals surface area contributed by atoms with Crippen molar-refractivity contribution in [2.45, 2.75) is 13.0 Å². The van der Waals surface area contributed by atoms with E-state index in [4.69, 9.17) is 5.73 Å². The predicted octanol–water partition coefficient (Wildman–Crippen LogP) is 3.16. The Morgan fingerprint density at radius 3 is 2.85 bits per heavy atom. The van der Waals surface area contributed by atoms with E-state index in [0.717, 1.165) is 20.1 Å². The second kappa shape index (κ2) is 8.09. The molecule has 110 valence electrons. The highest BCUT2D eigenvalue weighted by molar-refractivity contribution is 9.11. The highest BCUT2D eigenvalue weighted by atomic mass is 79.9. The fourth-order valence-electron chi connectivity index (χ4n) is 1.59. The Bertz CT molecular complexity index is 573. The second-order valence-electron chi connectivity index (χ2n) is 4.03. The van der Waals surface area contributed by atoms with Crippen LogP contribution < -0.4 is 5.73 Å². The van der Waals surface area contributed by atoms with Gasteiger partial charge in [0.25, 0.3) is 5.91 Å². The minimum absolute atomic E-state index is 0. The summed E-state index contributed by atoms with van der Waals surface area (Å²) in [6.07, 6.45) is 0.722. The van der Waals surface area contributed by atoms with Gasteiger partial charge in [-0.15, -0.1) is 35.1 Å². The minimum Gasteiger partial charge on any atom is -0.335 e. The third-order valence-corrected chi connectivity index (χ3v) is 5.01. The van der Waals surface area contributed by atoms with Crippen LogP contribution in [0.5, 0.6) is 0 Å². The van der Waals surface area contributed by atoms with Crippen LogP contribution in [0.25, 0.3) is 0 Å². The summed E-state index contributed by atoms with van der Waals surface area (Å²) >= 11 is 6.53. The number of nitrogens with two attached hydrogens (primary N) is 1. The van der Waals surface area contributed by atoms with Crippen molar-refractivity contribution in [3.8, 4) is 0 Å². The standard InChI is InChI=1S/C12H14BrN3OS2.ClH/c1-16(6-8-2-3-10(13)19-8)12(17)9-7-18-11(15-9)4-5-14;/h2-3,7H,4-6,14H2,1H3;1H. The first-order chi connectivity index (χ1) is 9.10. The molecule has 0 bridgehead atoms. The molecule has 4 nitrogen and oxygen atoms in total. The van der Waals surface area contributed by atoms with Crippen molar-refractivity contribution in [3.63, 3.8) is 0 Å². The summed E-state index contributed by atoms with van der Waals surface area (Å²) < 4.78 is 1.07. The molecule has 0 unspecified atom stereocenters. The van der Waals surface area contributed by atoms with Crippen LogP contribution in [0.15, 0.2) is 21.3 Å². The third-order valence-electron chi connectivity index (χ3n) is 2.50. The Labute approximate surface area is 140 Å². The molecule has 8 heteroatoms. The van der Waals surface area contributed by atoms with Crippen molar-refractivity contribution < 1.29 is 4.79 Å². The molecule has 0 saturated heterocycles. The van der Waals surface area contributed by atoms with E-state index in [0.29, 0.717) is 18.8 Å². The van der Waals surface area contributed by atoms with Crippen molar-refractivity contribution >= 4 is 56.9 Å². The molecule has 20 heavy (non-hydrogen) atoms. The summed E-state index contributed by atoms with van der Waals surface area (Å²) in [7, 11) is 1.79. The predicted molar refractivity (Wildman–Crippen MR) is 89.9 cm³/mol. The number of amides is 1. The van der Waals surface area contributed by atoms with E-state index in [1.807, 2.05) is 12.1 Å². The lowest BCUT2D eigenvalue weighted by Crippen LogP contribution is -2.26. The largest absolute Gasteiger partial charge is 0.335 e. The number of nitrogens with zero attached hydrogens (tertiary/aromatic N) is 2. The van der Waals surface area contributed by atoms with Crippen LogP contribution in [-0.2, 0) is 13.0 Å². The number of aromatic nitrogens is 1. The number of rotatable bonds is 5. The molecular formula is C12H15BrClN3OS2. The van der Waals surface area contributed by atoms with Crippen LogP contribution in [0.2, 0.25) is 0 Å². The molecule has 0 aliphatic rings. The first-order valence-electron chi connectivity index (χ1n) is 5.74.